The van der Waals surface area contributed by atoms with E-state index in [2.05, 4.69) is 4.98 Å². The van der Waals surface area contributed by atoms with Crippen LogP contribution in [0.3, 0.4) is 0 Å². The van der Waals surface area contributed by atoms with Gasteiger partial charge in [-0.1, -0.05) is 18.2 Å². The minimum absolute atomic E-state index is 0.138. The van der Waals surface area contributed by atoms with Crippen molar-refractivity contribution >= 4 is 17.0 Å². The number of nitrogens with zero attached hydrogens (tertiary/aromatic N) is 3. The summed E-state index contributed by atoms with van der Waals surface area (Å²) >= 11 is 1.06. The highest BCUT2D eigenvalue weighted by atomic mass is 32.2. The number of thioether (sulfide) groups is 1. The molecule has 0 fully saturated rings. The molecule has 1 amide bonds. The van der Waals surface area contributed by atoms with Gasteiger partial charge in [0, 0.05) is 39.1 Å². The standard InChI is InChI=1S/C14H16FN3OS/c1-17(2)14(19)20-12(13-16-8-9-18(13)3)10-6-4-5-7-11(10)15/h4-9,12H,1-3H3. The second-order valence-corrected chi connectivity index (χ2v) is 5.63. The van der Waals surface area contributed by atoms with Crippen LogP contribution in [0.2, 0.25) is 0 Å². The maximum absolute atomic E-state index is 14.0. The summed E-state index contributed by atoms with van der Waals surface area (Å²) in [6, 6.07) is 6.47. The van der Waals surface area contributed by atoms with Crippen LogP contribution in [-0.4, -0.2) is 33.8 Å². The highest BCUT2D eigenvalue weighted by Crippen LogP contribution is 2.36. The Kier molecular flexibility index (Phi) is 4.44. The number of benzene rings is 1. The number of halogens is 1. The minimum atomic E-state index is -0.467. The Hall–Kier alpha value is -1.82. The molecule has 0 saturated carbocycles. The van der Waals surface area contributed by atoms with Crippen molar-refractivity contribution < 1.29 is 9.18 Å². The van der Waals surface area contributed by atoms with Crippen molar-refractivity contribution in [2.24, 2.45) is 7.05 Å². The first-order chi connectivity index (χ1) is 9.50. The molecule has 2 rings (SSSR count). The van der Waals surface area contributed by atoms with Crippen molar-refractivity contribution in [1.29, 1.82) is 0 Å². The molecule has 106 valence electrons. The highest BCUT2D eigenvalue weighted by molar-refractivity contribution is 8.13. The Labute approximate surface area is 121 Å². The number of aromatic nitrogens is 2. The van der Waals surface area contributed by atoms with Crippen LogP contribution in [-0.2, 0) is 7.05 Å². The second-order valence-electron chi connectivity index (χ2n) is 4.58. The molecule has 4 nitrogen and oxygen atoms in total. The van der Waals surface area contributed by atoms with Gasteiger partial charge in [0.25, 0.3) is 5.24 Å². The summed E-state index contributed by atoms with van der Waals surface area (Å²) in [6.45, 7) is 0. The van der Waals surface area contributed by atoms with Crippen molar-refractivity contribution in [3.05, 3.63) is 53.9 Å². The van der Waals surface area contributed by atoms with E-state index < -0.39 is 5.25 Å². The van der Waals surface area contributed by atoms with Crippen LogP contribution in [0.1, 0.15) is 16.6 Å². The predicted molar refractivity (Wildman–Crippen MR) is 78.1 cm³/mol. The van der Waals surface area contributed by atoms with Crippen LogP contribution in [0.5, 0.6) is 0 Å². The third-order valence-electron chi connectivity index (χ3n) is 2.86. The van der Waals surface area contributed by atoms with Gasteiger partial charge in [-0.2, -0.15) is 0 Å². The molecule has 0 radical (unpaired) electrons. The maximum atomic E-state index is 14.0. The molecule has 0 spiro atoms. The third-order valence-corrected chi connectivity index (χ3v) is 4.13. The number of carbonyl (C=O) groups is 1. The van der Waals surface area contributed by atoms with E-state index in [1.807, 2.05) is 7.05 Å². The van der Waals surface area contributed by atoms with Gasteiger partial charge in [-0.3, -0.25) is 4.79 Å². The average molecular weight is 293 g/mol. The van der Waals surface area contributed by atoms with Gasteiger partial charge in [0.05, 0.1) is 5.25 Å². The Balaban J connectivity index is 2.43. The molecule has 1 unspecified atom stereocenters. The van der Waals surface area contributed by atoms with E-state index in [1.165, 1.54) is 11.0 Å². The van der Waals surface area contributed by atoms with Gasteiger partial charge in [-0.15, -0.1) is 0 Å². The van der Waals surface area contributed by atoms with Gasteiger partial charge < -0.3 is 9.47 Å². The average Bonchev–Trinajstić information content (AvgIpc) is 2.82. The van der Waals surface area contributed by atoms with E-state index in [-0.39, 0.29) is 11.1 Å². The summed E-state index contributed by atoms with van der Waals surface area (Å²) in [5, 5.41) is -0.604. The van der Waals surface area contributed by atoms with E-state index in [1.54, 1.807) is 49.3 Å². The molecule has 0 aliphatic carbocycles. The molecule has 1 aromatic carbocycles. The molecule has 1 atom stereocenters. The number of rotatable bonds is 3. The number of amides is 1. The Morgan fingerprint density at radius 1 is 1.40 bits per heavy atom. The first-order valence-electron chi connectivity index (χ1n) is 6.10. The zero-order valence-corrected chi connectivity index (χ0v) is 12.4. The molecule has 0 bridgehead atoms. The van der Waals surface area contributed by atoms with Crippen LogP contribution < -0.4 is 0 Å². The number of hydrogen-bond donors (Lipinski definition) is 0. The molecule has 1 aromatic heterocycles. The summed E-state index contributed by atoms with van der Waals surface area (Å²) in [6.07, 6.45) is 3.42. The van der Waals surface area contributed by atoms with E-state index in [9.17, 15) is 9.18 Å². The van der Waals surface area contributed by atoms with Crippen molar-refractivity contribution in [2.75, 3.05) is 14.1 Å². The number of carbonyl (C=O) groups excluding carboxylic acids is 1. The lowest BCUT2D eigenvalue weighted by atomic mass is 10.1. The maximum Gasteiger partial charge on any atom is 0.282 e. The quantitative estimate of drug-likeness (QED) is 0.873. The molecule has 0 saturated heterocycles. The van der Waals surface area contributed by atoms with Crippen LogP contribution in [0, 0.1) is 5.82 Å². The molecular formula is C14H16FN3OS. The van der Waals surface area contributed by atoms with Gasteiger partial charge in [0.1, 0.15) is 11.6 Å². The number of imidazole rings is 1. The SMILES string of the molecule is CN(C)C(=O)SC(c1ccccc1F)c1nccn1C. The van der Waals surface area contributed by atoms with Gasteiger partial charge in [-0.05, 0) is 17.8 Å². The van der Waals surface area contributed by atoms with E-state index in [0.717, 1.165) is 11.8 Å². The zero-order chi connectivity index (χ0) is 14.7. The Morgan fingerprint density at radius 2 is 2.10 bits per heavy atom. The molecule has 0 N–H and O–H groups in total. The Morgan fingerprint density at radius 3 is 2.65 bits per heavy atom. The van der Waals surface area contributed by atoms with Crippen molar-refractivity contribution in [1.82, 2.24) is 14.5 Å². The minimum Gasteiger partial charge on any atom is -0.340 e. The number of aryl methyl sites for hydroxylation is 1. The summed E-state index contributed by atoms with van der Waals surface area (Å²) in [4.78, 5) is 17.7. The third kappa shape index (κ3) is 3.01. The summed E-state index contributed by atoms with van der Waals surface area (Å²) in [7, 11) is 5.18. The fraction of sp³-hybridized carbons (Fsp3) is 0.286. The largest absolute Gasteiger partial charge is 0.340 e. The molecule has 6 heteroatoms. The van der Waals surface area contributed by atoms with E-state index >= 15 is 0 Å². The van der Waals surface area contributed by atoms with Crippen molar-refractivity contribution in [3.63, 3.8) is 0 Å². The Bertz CT molecular complexity index is 612. The lowest BCUT2D eigenvalue weighted by Gasteiger charge is -2.19. The second kappa shape index (κ2) is 6.09. The highest BCUT2D eigenvalue weighted by Gasteiger charge is 2.25. The van der Waals surface area contributed by atoms with Gasteiger partial charge in [0.15, 0.2) is 0 Å². The molecule has 1 heterocycles. The van der Waals surface area contributed by atoms with E-state index in [0.29, 0.717) is 11.4 Å². The van der Waals surface area contributed by atoms with Gasteiger partial charge in [0.2, 0.25) is 0 Å². The van der Waals surface area contributed by atoms with Crippen LogP contribution in [0.15, 0.2) is 36.7 Å². The first kappa shape index (κ1) is 14.6. The fourth-order valence-corrected chi connectivity index (χ4v) is 2.84. The molecule has 2 aromatic rings. The monoisotopic (exact) mass is 293 g/mol. The van der Waals surface area contributed by atoms with Gasteiger partial charge in [-0.25, -0.2) is 9.37 Å². The summed E-state index contributed by atoms with van der Waals surface area (Å²) < 4.78 is 15.8. The summed E-state index contributed by atoms with van der Waals surface area (Å²) in [5.41, 5.74) is 0.460. The zero-order valence-electron chi connectivity index (χ0n) is 11.6. The molecular weight excluding hydrogens is 277 g/mol. The first-order valence-corrected chi connectivity index (χ1v) is 6.98. The summed E-state index contributed by atoms with van der Waals surface area (Å²) in [5.74, 6) is 0.315. The molecule has 0 aliphatic heterocycles. The van der Waals surface area contributed by atoms with Crippen LogP contribution in [0.4, 0.5) is 9.18 Å². The number of hydrogen-bond acceptors (Lipinski definition) is 3. The lowest BCUT2D eigenvalue weighted by Crippen LogP contribution is -2.19. The molecule has 20 heavy (non-hydrogen) atoms. The lowest BCUT2D eigenvalue weighted by molar-refractivity contribution is 0.241. The topological polar surface area (TPSA) is 38.1 Å². The smallest absolute Gasteiger partial charge is 0.282 e. The van der Waals surface area contributed by atoms with Crippen LogP contribution in [0.25, 0.3) is 0 Å². The van der Waals surface area contributed by atoms with Crippen molar-refractivity contribution in [2.45, 2.75) is 5.25 Å². The van der Waals surface area contributed by atoms with E-state index in [4.69, 9.17) is 0 Å². The predicted octanol–water partition coefficient (Wildman–Crippen LogP) is 3.06. The molecule has 0 aliphatic rings. The van der Waals surface area contributed by atoms with Gasteiger partial charge >= 0.3 is 0 Å². The van der Waals surface area contributed by atoms with Crippen molar-refractivity contribution in [3.8, 4) is 0 Å². The fourth-order valence-electron chi connectivity index (χ4n) is 1.78. The normalized spacial score (nSPS) is 12.2. The van der Waals surface area contributed by atoms with Crippen LogP contribution >= 0.6 is 11.8 Å².